The molecule has 1 N–H and O–H groups in total. The van der Waals surface area contributed by atoms with Crippen LogP contribution in [0.5, 0.6) is 0 Å². The molecule has 0 saturated heterocycles. The van der Waals surface area contributed by atoms with Crippen molar-refractivity contribution in [3.8, 4) is 0 Å². The standard InChI is InChI=1S/C4H7NO2.C4H8O2/c1-3(6)5-4(2)7;1-3-6-4(2)5/h1-2H3,(H,5,6,7);3H2,1-2H3. The van der Waals surface area contributed by atoms with E-state index in [1.54, 1.807) is 6.92 Å². The van der Waals surface area contributed by atoms with E-state index in [2.05, 4.69) is 4.74 Å². The Bertz CT molecular complexity index is 177. The highest BCUT2D eigenvalue weighted by Gasteiger charge is 1.90. The second kappa shape index (κ2) is 8.70. The Morgan fingerprint density at radius 1 is 1.08 bits per heavy atom. The molecule has 0 atom stereocenters. The number of hydrogen-bond donors (Lipinski definition) is 1. The van der Waals surface area contributed by atoms with Gasteiger partial charge in [-0.15, -0.1) is 0 Å². The molecule has 0 aromatic carbocycles. The molecule has 0 spiro atoms. The van der Waals surface area contributed by atoms with Gasteiger partial charge in [-0.2, -0.15) is 0 Å². The Morgan fingerprint density at radius 2 is 1.46 bits per heavy atom. The molecule has 0 heterocycles. The predicted molar refractivity (Wildman–Crippen MR) is 46.8 cm³/mol. The Hall–Kier alpha value is -1.39. The van der Waals surface area contributed by atoms with Gasteiger partial charge in [0.05, 0.1) is 6.61 Å². The molecule has 5 nitrogen and oxygen atoms in total. The lowest BCUT2D eigenvalue weighted by atomic mass is 10.6. The van der Waals surface area contributed by atoms with Crippen LogP contribution >= 0.6 is 0 Å². The molecule has 0 bridgehead atoms. The molecule has 0 rings (SSSR count). The average molecular weight is 189 g/mol. The Labute approximate surface area is 77.4 Å². The van der Waals surface area contributed by atoms with Gasteiger partial charge >= 0.3 is 5.97 Å². The summed E-state index contributed by atoms with van der Waals surface area (Å²) < 4.78 is 4.40. The van der Waals surface area contributed by atoms with E-state index >= 15 is 0 Å². The van der Waals surface area contributed by atoms with E-state index in [1.807, 2.05) is 5.32 Å². The molecule has 0 aromatic heterocycles. The molecule has 0 unspecified atom stereocenters. The maximum atomic E-state index is 9.92. The lowest BCUT2D eigenvalue weighted by Gasteiger charge is -1.89. The van der Waals surface area contributed by atoms with Crippen molar-refractivity contribution in [3.05, 3.63) is 0 Å². The van der Waals surface area contributed by atoms with Gasteiger partial charge in [0.15, 0.2) is 0 Å². The van der Waals surface area contributed by atoms with Crippen LogP contribution in [0.4, 0.5) is 0 Å². The molecule has 0 saturated carbocycles. The minimum Gasteiger partial charge on any atom is -0.466 e. The van der Waals surface area contributed by atoms with E-state index < -0.39 is 0 Å². The van der Waals surface area contributed by atoms with Crippen LogP contribution in [-0.4, -0.2) is 24.4 Å². The number of amides is 2. The van der Waals surface area contributed by atoms with Crippen molar-refractivity contribution in [2.75, 3.05) is 6.61 Å². The van der Waals surface area contributed by atoms with E-state index in [4.69, 9.17) is 0 Å². The van der Waals surface area contributed by atoms with Crippen molar-refractivity contribution in [2.24, 2.45) is 0 Å². The molecule has 5 heteroatoms. The third kappa shape index (κ3) is 25.0. The van der Waals surface area contributed by atoms with Gasteiger partial charge in [-0.1, -0.05) is 0 Å². The van der Waals surface area contributed by atoms with Gasteiger partial charge < -0.3 is 4.74 Å². The van der Waals surface area contributed by atoms with E-state index in [-0.39, 0.29) is 17.8 Å². The minimum atomic E-state index is -0.312. The summed E-state index contributed by atoms with van der Waals surface area (Å²) in [5.74, 6) is -0.836. The summed E-state index contributed by atoms with van der Waals surface area (Å²) in [7, 11) is 0. The summed E-state index contributed by atoms with van der Waals surface area (Å²) >= 11 is 0. The number of ether oxygens (including phenoxy) is 1. The summed E-state index contributed by atoms with van der Waals surface area (Å²) in [5, 5.41) is 2.03. The summed E-state index contributed by atoms with van der Waals surface area (Å²) in [6, 6.07) is 0. The van der Waals surface area contributed by atoms with Crippen molar-refractivity contribution in [1.29, 1.82) is 0 Å². The maximum absolute atomic E-state index is 9.92. The van der Waals surface area contributed by atoms with Crippen LogP contribution in [0.3, 0.4) is 0 Å². The zero-order valence-electron chi connectivity index (χ0n) is 8.34. The number of nitrogens with one attached hydrogen (secondary N) is 1. The van der Waals surface area contributed by atoms with Gasteiger partial charge in [0.25, 0.3) is 0 Å². The van der Waals surface area contributed by atoms with Gasteiger partial charge in [-0.25, -0.2) is 0 Å². The predicted octanol–water partition coefficient (Wildman–Crippen LogP) is 0.238. The normalized spacial score (nSPS) is 7.69. The van der Waals surface area contributed by atoms with Crippen LogP contribution in [0, 0.1) is 0 Å². The largest absolute Gasteiger partial charge is 0.466 e. The fraction of sp³-hybridized carbons (Fsp3) is 0.625. The summed E-state index contributed by atoms with van der Waals surface area (Å²) in [6.07, 6.45) is 0. The lowest BCUT2D eigenvalue weighted by molar-refractivity contribution is -0.140. The minimum absolute atomic E-state index is 0.211. The first-order chi connectivity index (χ1) is 5.90. The molecular formula is C8H15NO4. The SMILES string of the molecule is CC(=O)NC(C)=O.CCOC(C)=O. The van der Waals surface area contributed by atoms with E-state index in [0.29, 0.717) is 6.61 Å². The van der Waals surface area contributed by atoms with Crippen LogP contribution in [0.15, 0.2) is 0 Å². The number of imide groups is 1. The Balaban J connectivity index is 0. The zero-order valence-corrected chi connectivity index (χ0v) is 8.34. The summed E-state index contributed by atoms with van der Waals surface area (Å²) in [6.45, 7) is 6.24. The second-order valence-corrected chi connectivity index (χ2v) is 2.16. The van der Waals surface area contributed by atoms with Gasteiger partial charge in [-0.05, 0) is 6.92 Å². The van der Waals surface area contributed by atoms with Crippen molar-refractivity contribution >= 4 is 17.8 Å². The highest BCUT2D eigenvalue weighted by Crippen LogP contribution is 1.69. The second-order valence-electron chi connectivity index (χ2n) is 2.16. The van der Waals surface area contributed by atoms with Gasteiger partial charge in [-0.3, -0.25) is 19.7 Å². The molecule has 0 radical (unpaired) electrons. The molecule has 0 aliphatic heterocycles. The van der Waals surface area contributed by atoms with Gasteiger partial charge in [0.2, 0.25) is 11.8 Å². The summed E-state index contributed by atoms with van der Waals surface area (Å²) in [4.78, 5) is 29.7. The highest BCUT2D eigenvalue weighted by atomic mass is 16.5. The zero-order chi connectivity index (χ0) is 10.9. The molecule has 76 valence electrons. The van der Waals surface area contributed by atoms with Crippen LogP contribution < -0.4 is 5.32 Å². The molecule has 2 amide bonds. The molecule has 0 aliphatic rings. The first kappa shape index (κ1) is 14.2. The summed E-state index contributed by atoms with van der Waals surface area (Å²) in [5.41, 5.74) is 0. The van der Waals surface area contributed by atoms with E-state index in [1.165, 1.54) is 20.8 Å². The number of esters is 1. The smallest absolute Gasteiger partial charge is 0.302 e. The van der Waals surface area contributed by atoms with Crippen molar-refractivity contribution in [1.82, 2.24) is 5.32 Å². The molecular weight excluding hydrogens is 174 g/mol. The number of carbonyl (C=O) groups excluding carboxylic acids is 3. The highest BCUT2D eigenvalue weighted by molar-refractivity contribution is 5.92. The molecule has 0 fully saturated rings. The fourth-order valence-electron chi connectivity index (χ4n) is 0.451. The van der Waals surface area contributed by atoms with E-state index in [9.17, 15) is 14.4 Å². The van der Waals surface area contributed by atoms with Crippen molar-refractivity contribution < 1.29 is 19.1 Å². The monoisotopic (exact) mass is 189 g/mol. The average Bonchev–Trinajstić information content (AvgIpc) is 1.83. The lowest BCUT2D eigenvalue weighted by Crippen LogP contribution is -2.24. The number of rotatable bonds is 1. The molecule has 0 aliphatic carbocycles. The van der Waals surface area contributed by atoms with Crippen LogP contribution in [0.2, 0.25) is 0 Å². The van der Waals surface area contributed by atoms with Gasteiger partial charge in [0.1, 0.15) is 0 Å². The Kier molecular flexibility index (Phi) is 9.48. The maximum Gasteiger partial charge on any atom is 0.302 e. The van der Waals surface area contributed by atoms with Crippen LogP contribution in [0.1, 0.15) is 27.7 Å². The third-order valence-electron chi connectivity index (χ3n) is 0.700. The first-order valence-electron chi connectivity index (χ1n) is 3.81. The molecule has 0 aromatic rings. The van der Waals surface area contributed by atoms with Gasteiger partial charge in [0, 0.05) is 20.8 Å². The third-order valence-corrected chi connectivity index (χ3v) is 0.700. The van der Waals surface area contributed by atoms with Crippen molar-refractivity contribution in [2.45, 2.75) is 27.7 Å². The number of hydrogen-bond acceptors (Lipinski definition) is 4. The molecule has 13 heavy (non-hydrogen) atoms. The van der Waals surface area contributed by atoms with Crippen molar-refractivity contribution in [3.63, 3.8) is 0 Å². The number of carbonyl (C=O) groups is 3. The topological polar surface area (TPSA) is 72.5 Å². The van der Waals surface area contributed by atoms with Crippen LogP contribution in [0.25, 0.3) is 0 Å². The fourth-order valence-corrected chi connectivity index (χ4v) is 0.451. The van der Waals surface area contributed by atoms with Crippen LogP contribution in [-0.2, 0) is 19.1 Å². The quantitative estimate of drug-likeness (QED) is 0.599. The van der Waals surface area contributed by atoms with E-state index in [0.717, 1.165) is 0 Å². The first-order valence-corrected chi connectivity index (χ1v) is 3.81. The Morgan fingerprint density at radius 3 is 1.46 bits per heavy atom.